The Balaban J connectivity index is 1.43. The van der Waals surface area contributed by atoms with Gasteiger partial charge < -0.3 is 9.64 Å². The van der Waals surface area contributed by atoms with Crippen LogP contribution >= 0.6 is 15.9 Å². The fourth-order valence-corrected chi connectivity index (χ4v) is 4.13. The van der Waals surface area contributed by atoms with Crippen molar-refractivity contribution >= 4 is 27.5 Å². The van der Waals surface area contributed by atoms with Gasteiger partial charge in [0.05, 0.1) is 23.0 Å². The van der Waals surface area contributed by atoms with Crippen molar-refractivity contribution in [2.24, 2.45) is 0 Å². The van der Waals surface area contributed by atoms with Crippen molar-refractivity contribution in [1.82, 2.24) is 19.5 Å². The summed E-state index contributed by atoms with van der Waals surface area (Å²) in [4.78, 5) is 19.1. The number of rotatable bonds is 4. The summed E-state index contributed by atoms with van der Waals surface area (Å²) in [5, 5.41) is 4.53. The maximum Gasteiger partial charge on any atom is 0.223 e. The van der Waals surface area contributed by atoms with Gasteiger partial charge in [0.25, 0.3) is 0 Å². The van der Waals surface area contributed by atoms with Crippen LogP contribution in [0, 0.1) is 6.92 Å². The van der Waals surface area contributed by atoms with Crippen LogP contribution in [0.25, 0.3) is 5.65 Å². The summed E-state index contributed by atoms with van der Waals surface area (Å²) in [6.45, 7) is 3.29. The van der Waals surface area contributed by atoms with E-state index in [-0.39, 0.29) is 5.91 Å². The number of carbonyl (C=O) groups excluding carboxylic acids is 1. The molecule has 2 aromatic heterocycles. The van der Waals surface area contributed by atoms with Gasteiger partial charge in [-0.15, -0.1) is 0 Å². The average Bonchev–Trinajstić information content (AvgIpc) is 3.06. The number of nitrogens with zero attached hydrogens (tertiary/aromatic N) is 4. The molecule has 0 radical (unpaired) electrons. The fraction of sp³-hybridized carbons (Fsp3) is 0.350. The van der Waals surface area contributed by atoms with Gasteiger partial charge in [-0.25, -0.2) is 9.50 Å². The molecule has 27 heavy (non-hydrogen) atoms. The second kappa shape index (κ2) is 7.31. The number of ether oxygens (including phenoxy) is 1. The molecular weight excluding hydrogens is 408 g/mol. The summed E-state index contributed by atoms with van der Waals surface area (Å²) in [6, 6.07) is 7.91. The van der Waals surface area contributed by atoms with Crippen molar-refractivity contribution in [3.8, 4) is 5.75 Å². The molecule has 4 rings (SSSR count). The van der Waals surface area contributed by atoms with E-state index in [0.717, 1.165) is 51.3 Å². The number of aromatic nitrogens is 3. The maximum absolute atomic E-state index is 12.7. The summed E-state index contributed by atoms with van der Waals surface area (Å²) < 4.78 is 8.08. The van der Waals surface area contributed by atoms with Gasteiger partial charge in [-0.3, -0.25) is 4.79 Å². The van der Waals surface area contributed by atoms with Crippen molar-refractivity contribution in [1.29, 1.82) is 0 Å². The van der Waals surface area contributed by atoms with E-state index in [2.05, 4.69) is 26.0 Å². The number of hydrogen-bond donors (Lipinski definition) is 0. The second-order valence-corrected chi connectivity index (χ2v) is 7.67. The molecule has 3 aromatic rings. The third-order valence-electron chi connectivity index (χ3n) is 4.97. The Labute approximate surface area is 166 Å². The highest BCUT2D eigenvalue weighted by molar-refractivity contribution is 9.10. The van der Waals surface area contributed by atoms with Gasteiger partial charge in [0.1, 0.15) is 5.75 Å². The summed E-state index contributed by atoms with van der Waals surface area (Å²) in [5.74, 6) is 0.967. The Morgan fingerprint density at radius 2 is 2.19 bits per heavy atom. The molecule has 1 aliphatic rings. The van der Waals surface area contributed by atoms with E-state index in [1.54, 1.807) is 7.11 Å². The highest BCUT2D eigenvalue weighted by atomic mass is 79.9. The summed E-state index contributed by atoms with van der Waals surface area (Å²) in [5.41, 5.74) is 5.19. The molecule has 1 amide bonds. The molecule has 0 N–H and O–H groups in total. The standard InChI is InChI=1S/C20H21BrN4O2/c1-13-9-19-22-11-15-12-24(8-7-17(15)25(19)23-13)20(26)6-4-14-3-5-18(27-2)16(21)10-14/h3,5,9-11H,4,6-8,12H2,1-2H3. The van der Waals surface area contributed by atoms with E-state index in [1.807, 2.05) is 46.8 Å². The van der Waals surface area contributed by atoms with Gasteiger partial charge in [-0.1, -0.05) is 6.07 Å². The van der Waals surface area contributed by atoms with E-state index in [0.29, 0.717) is 19.4 Å². The van der Waals surface area contributed by atoms with Crippen molar-refractivity contribution in [2.45, 2.75) is 32.7 Å². The van der Waals surface area contributed by atoms with E-state index < -0.39 is 0 Å². The zero-order valence-corrected chi connectivity index (χ0v) is 17.0. The topological polar surface area (TPSA) is 59.7 Å². The molecule has 0 atom stereocenters. The van der Waals surface area contributed by atoms with Crippen LogP contribution in [0.1, 0.15) is 28.9 Å². The number of carbonyl (C=O) groups is 1. The largest absolute Gasteiger partial charge is 0.496 e. The molecule has 140 valence electrons. The molecule has 1 aromatic carbocycles. The van der Waals surface area contributed by atoms with E-state index >= 15 is 0 Å². The predicted molar refractivity (Wildman–Crippen MR) is 106 cm³/mol. The number of benzene rings is 1. The molecule has 3 heterocycles. The molecule has 0 saturated carbocycles. The van der Waals surface area contributed by atoms with Gasteiger partial charge in [0.15, 0.2) is 5.65 Å². The fourth-order valence-electron chi connectivity index (χ4n) is 3.54. The Morgan fingerprint density at radius 3 is 2.96 bits per heavy atom. The lowest BCUT2D eigenvalue weighted by atomic mass is 10.1. The van der Waals surface area contributed by atoms with E-state index in [9.17, 15) is 4.79 Å². The van der Waals surface area contributed by atoms with Crippen LogP contribution in [-0.4, -0.2) is 39.1 Å². The molecule has 0 saturated heterocycles. The molecule has 0 aliphatic carbocycles. The van der Waals surface area contributed by atoms with Crippen LogP contribution in [0.5, 0.6) is 5.75 Å². The average molecular weight is 429 g/mol. The van der Waals surface area contributed by atoms with E-state index in [4.69, 9.17) is 4.74 Å². The molecule has 0 unspecified atom stereocenters. The minimum Gasteiger partial charge on any atom is -0.496 e. The Morgan fingerprint density at radius 1 is 1.33 bits per heavy atom. The zero-order chi connectivity index (χ0) is 19.0. The summed E-state index contributed by atoms with van der Waals surface area (Å²) >= 11 is 3.49. The Hall–Kier alpha value is -2.41. The first-order valence-electron chi connectivity index (χ1n) is 8.98. The molecule has 0 bridgehead atoms. The van der Waals surface area contributed by atoms with Gasteiger partial charge in [-0.2, -0.15) is 5.10 Å². The SMILES string of the molecule is COc1ccc(CCC(=O)N2CCc3c(cnc4cc(C)nn34)C2)cc1Br. The van der Waals surface area contributed by atoms with Crippen LogP contribution in [0.3, 0.4) is 0 Å². The first kappa shape index (κ1) is 18.0. The molecule has 0 fully saturated rings. The third kappa shape index (κ3) is 3.56. The van der Waals surface area contributed by atoms with Crippen LogP contribution in [0.4, 0.5) is 0 Å². The van der Waals surface area contributed by atoms with Crippen LogP contribution < -0.4 is 4.74 Å². The number of aryl methyl sites for hydroxylation is 2. The highest BCUT2D eigenvalue weighted by Gasteiger charge is 2.23. The Bertz CT molecular complexity index is 1010. The summed E-state index contributed by atoms with van der Waals surface area (Å²) in [6.07, 6.45) is 3.88. The molecular formula is C20H21BrN4O2. The molecule has 6 nitrogen and oxygen atoms in total. The summed E-state index contributed by atoms with van der Waals surface area (Å²) in [7, 11) is 1.64. The smallest absolute Gasteiger partial charge is 0.223 e. The Kier molecular flexibility index (Phi) is 4.86. The third-order valence-corrected chi connectivity index (χ3v) is 5.59. The van der Waals surface area contributed by atoms with Crippen LogP contribution in [0.15, 0.2) is 34.9 Å². The first-order valence-corrected chi connectivity index (χ1v) is 9.78. The highest BCUT2D eigenvalue weighted by Crippen LogP contribution is 2.26. The van der Waals surface area contributed by atoms with Crippen molar-refractivity contribution in [2.75, 3.05) is 13.7 Å². The quantitative estimate of drug-likeness (QED) is 0.639. The predicted octanol–water partition coefficient (Wildman–Crippen LogP) is 3.33. The van der Waals surface area contributed by atoms with E-state index in [1.165, 1.54) is 0 Å². The minimum absolute atomic E-state index is 0.171. The lowest BCUT2D eigenvalue weighted by Gasteiger charge is -2.29. The second-order valence-electron chi connectivity index (χ2n) is 6.82. The lowest BCUT2D eigenvalue weighted by molar-refractivity contribution is -0.132. The van der Waals surface area contributed by atoms with Crippen molar-refractivity contribution < 1.29 is 9.53 Å². The molecule has 7 heteroatoms. The lowest BCUT2D eigenvalue weighted by Crippen LogP contribution is -2.37. The first-order chi connectivity index (χ1) is 13.0. The molecule has 0 spiro atoms. The van der Waals surface area contributed by atoms with Gasteiger partial charge in [-0.05, 0) is 47.0 Å². The molecule has 1 aliphatic heterocycles. The van der Waals surface area contributed by atoms with Gasteiger partial charge in [0.2, 0.25) is 5.91 Å². The van der Waals surface area contributed by atoms with Crippen LogP contribution in [-0.2, 0) is 24.2 Å². The zero-order valence-electron chi connectivity index (χ0n) is 15.4. The van der Waals surface area contributed by atoms with Gasteiger partial charge >= 0.3 is 0 Å². The number of halogens is 1. The monoisotopic (exact) mass is 428 g/mol. The normalized spacial score (nSPS) is 13.7. The van der Waals surface area contributed by atoms with Gasteiger partial charge in [0, 0.05) is 43.8 Å². The number of hydrogen-bond acceptors (Lipinski definition) is 4. The number of fused-ring (bicyclic) bond motifs is 3. The van der Waals surface area contributed by atoms with Crippen molar-refractivity contribution in [3.63, 3.8) is 0 Å². The van der Waals surface area contributed by atoms with Crippen LogP contribution in [0.2, 0.25) is 0 Å². The number of methoxy groups -OCH3 is 1. The number of amides is 1. The van der Waals surface area contributed by atoms with Crippen molar-refractivity contribution in [3.05, 3.63) is 57.4 Å². The maximum atomic E-state index is 12.7. The minimum atomic E-state index is 0.171.